The van der Waals surface area contributed by atoms with E-state index in [0.29, 0.717) is 12.5 Å². The number of para-hydroxylation sites is 1. The Labute approximate surface area is 160 Å². The first-order chi connectivity index (χ1) is 13.2. The second kappa shape index (κ2) is 9.64. The number of benzene rings is 2. The third-order valence-corrected chi connectivity index (χ3v) is 4.14. The van der Waals surface area contributed by atoms with Gasteiger partial charge in [0, 0.05) is 18.8 Å². The summed E-state index contributed by atoms with van der Waals surface area (Å²) in [6.45, 7) is 2.54. The number of nitrogens with zero attached hydrogens (tertiary/aromatic N) is 5. The van der Waals surface area contributed by atoms with Crippen LogP contribution in [0.5, 0.6) is 0 Å². The summed E-state index contributed by atoms with van der Waals surface area (Å²) in [5, 5.41) is 11.6. The molecule has 0 aliphatic carbocycles. The molecular weight excluding hydrogens is 336 g/mol. The Morgan fingerprint density at radius 3 is 2.33 bits per heavy atom. The van der Waals surface area contributed by atoms with Crippen LogP contribution >= 0.6 is 0 Å². The number of hydrogen-bond donors (Lipinski definition) is 1. The third-order valence-electron chi connectivity index (χ3n) is 4.14. The highest BCUT2D eigenvalue weighted by Gasteiger charge is 2.13. The van der Waals surface area contributed by atoms with E-state index in [9.17, 15) is 0 Å². The van der Waals surface area contributed by atoms with Crippen LogP contribution in [0.4, 0.5) is 17.5 Å². The maximum Gasteiger partial charge on any atom is 0.244 e. The maximum absolute atomic E-state index is 4.69. The van der Waals surface area contributed by atoms with Crippen molar-refractivity contribution in [1.82, 2.24) is 20.1 Å². The molecule has 0 bridgehead atoms. The number of rotatable bonds is 9. The lowest BCUT2D eigenvalue weighted by atomic mass is 10.2. The Balaban J connectivity index is 1.78. The summed E-state index contributed by atoms with van der Waals surface area (Å²) < 4.78 is 0. The minimum Gasteiger partial charge on any atom is -0.353 e. The molecule has 0 aliphatic heterocycles. The molecule has 27 heavy (non-hydrogen) atoms. The highest BCUT2D eigenvalue weighted by Crippen LogP contribution is 2.25. The number of hydrogen-bond acceptors (Lipinski definition) is 6. The molecule has 0 saturated carbocycles. The Morgan fingerprint density at radius 1 is 0.926 bits per heavy atom. The van der Waals surface area contributed by atoms with Crippen molar-refractivity contribution in [2.75, 3.05) is 37.4 Å². The predicted octanol–water partition coefficient (Wildman–Crippen LogP) is 3.57. The summed E-state index contributed by atoms with van der Waals surface area (Å²) in [4.78, 5) is 9.00. The first kappa shape index (κ1) is 18.8. The molecule has 0 radical (unpaired) electrons. The van der Waals surface area contributed by atoms with Crippen molar-refractivity contribution in [1.29, 1.82) is 0 Å². The smallest absolute Gasteiger partial charge is 0.244 e. The fraction of sp³-hybridized carbons (Fsp3) is 0.286. The zero-order chi connectivity index (χ0) is 18.9. The van der Waals surface area contributed by atoms with E-state index in [-0.39, 0.29) is 0 Å². The quantitative estimate of drug-likeness (QED) is 0.587. The zero-order valence-electron chi connectivity index (χ0n) is 15.9. The van der Waals surface area contributed by atoms with Crippen LogP contribution in [0.1, 0.15) is 12.0 Å². The fourth-order valence-corrected chi connectivity index (χ4v) is 2.77. The van der Waals surface area contributed by atoms with Gasteiger partial charge in [-0.1, -0.05) is 48.5 Å². The molecular formula is C21H26N6. The van der Waals surface area contributed by atoms with Crippen molar-refractivity contribution in [2.45, 2.75) is 13.0 Å². The molecule has 0 atom stereocenters. The van der Waals surface area contributed by atoms with E-state index >= 15 is 0 Å². The summed E-state index contributed by atoms with van der Waals surface area (Å²) in [5.74, 6) is 1.33. The predicted molar refractivity (Wildman–Crippen MR) is 110 cm³/mol. The highest BCUT2D eigenvalue weighted by molar-refractivity contribution is 5.60. The molecule has 1 heterocycles. The molecule has 6 nitrogen and oxygen atoms in total. The van der Waals surface area contributed by atoms with Crippen molar-refractivity contribution >= 4 is 17.5 Å². The van der Waals surface area contributed by atoms with Crippen LogP contribution in [-0.4, -0.2) is 47.3 Å². The van der Waals surface area contributed by atoms with Crippen molar-refractivity contribution in [3.63, 3.8) is 0 Å². The molecule has 140 valence electrons. The van der Waals surface area contributed by atoms with Gasteiger partial charge in [-0.2, -0.15) is 10.1 Å². The molecule has 0 aliphatic rings. The van der Waals surface area contributed by atoms with Gasteiger partial charge in [-0.05, 0) is 44.8 Å². The number of anilines is 3. The van der Waals surface area contributed by atoms with Gasteiger partial charge < -0.3 is 15.1 Å². The zero-order valence-corrected chi connectivity index (χ0v) is 15.9. The fourth-order valence-electron chi connectivity index (χ4n) is 2.77. The van der Waals surface area contributed by atoms with E-state index < -0.39 is 0 Å². The standard InChI is InChI=1S/C21H26N6/c1-26(2)15-9-14-22-21-24-20(16-23-25-21)27(19-12-7-4-8-13-19)17-18-10-5-3-6-11-18/h3-8,10-13,16H,9,14-15,17H2,1-2H3,(H,22,24,25). The molecule has 1 N–H and O–H groups in total. The number of aromatic nitrogens is 3. The minimum atomic E-state index is 0.556. The van der Waals surface area contributed by atoms with E-state index in [0.717, 1.165) is 31.0 Å². The summed E-state index contributed by atoms with van der Waals surface area (Å²) in [6, 6.07) is 20.6. The summed E-state index contributed by atoms with van der Waals surface area (Å²) in [7, 11) is 4.14. The first-order valence-electron chi connectivity index (χ1n) is 9.17. The molecule has 3 rings (SSSR count). The summed E-state index contributed by atoms with van der Waals surface area (Å²) in [6.07, 6.45) is 2.73. The Morgan fingerprint density at radius 2 is 1.63 bits per heavy atom. The van der Waals surface area contributed by atoms with Gasteiger partial charge in [0.2, 0.25) is 5.95 Å². The van der Waals surface area contributed by atoms with Crippen molar-refractivity contribution < 1.29 is 0 Å². The van der Waals surface area contributed by atoms with E-state index in [1.807, 2.05) is 24.3 Å². The lowest BCUT2D eigenvalue weighted by Crippen LogP contribution is -2.20. The molecule has 2 aromatic carbocycles. The van der Waals surface area contributed by atoms with Gasteiger partial charge in [0.15, 0.2) is 5.82 Å². The van der Waals surface area contributed by atoms with Gasteiger partial charge in [-0.15, -0.1) is 5.10 Å². The largest absolute Gasteiger partial charge is 0.353 e. The SMILES string of the molecule is CN(C)CCCNc1nncc(N(Cc2ccccc2)c2ccccc2)n1. The van der Waals surface area contributed by atoms with Crippen LogP contribution in [0.15, 0.2) is 66.9 Å². The second-order valence-corrected chi connectivity index (χ2v) is 6.63. The third kappa shape index (κ3) is 5.76. The summed E-state index contributed by atoms with van der Waals surface area (Å²) in [5.41, 5.74) is 2.28. The molecule has 3 aromatic rings. The van der Waals surface area contributed by atoms with E-state index in [2.05, 4.69) is 80.8 Å². The molecule has 0 saturated heterocycles. The topological polar surface area (TPSA) is 57.2 Å². The van der Waals surface area contributed by atoms with Crippen molar-refractivity contribution in [2.24, 2.45) is 0 Å². The van der Waals surface area contributed by atoms with Crippen molar-refractivity contribution in [3.8, 4) is 0 Å². The average molecular weight is 362 g/mol. The lowest BCUT2D eigenvalue weighted by Gasteiger charge is -2.24. The normalized spacial score (nSPS) is 10.8. The minimum absolute atomic E-state index is 0.556. The first-order valence-corrected chi connectivity index (χ1v) is 9.17. The van der Waals surface area contributed by atoms with E-state index in [1.54, 1.807) is 6.20 Å². The maximum atomic E-state index is 4.69. The molecule has 0 unspecified atom stereocenters. The molecule has 0 spiro atoms. The molecule has 0 amide bonds. The lowest BCUT2D eigenvalue weighted by molar-refractivity contribution is 0.405. The average Bonchev–Trinajstić information content (AvgIpc) is 2.71. The monoisotopic (exact) mass is 362 g/mol. The highest BCUT2D eigenvalue weighted by atomic mass is 15.3. The van der Waals surface area contributed by atoms with Crippen LogP contribution in [0.2, 0.25) is 0 Å². The van der Waals surface area contributed by atoms with Crippen LogP contribution in [-0.2, 0) is 6.54 Å². The Bertz CT molecular complexity index is 807. The van der Waals surface area contributed by atoms with Gasteiger partial charge in [-0.25, -0.2) is 0 Å². The molecule has 0 fully saturated rings. The Hall–Kier alpha value is -2.99. The van der Waals surface area contributed by atoms with Gasteiger partial charge >= 0.3 is 0 Å². The van der Waals surface area contributed by atoms with Crippen LogP contribution in [0, 0.1) is 0 Å². The Kier molecular flexibility index (Phi) is 6.71. The van der Waals surface area contributed by atoms with Crippen LogP contribution in [0.25, 0.3) is 0 Å². The summed E-state index contributed by atoms with van der Waals surface area (Å²) >= 11 is 0. The van der Waals surface area contributed by atoms with Gasteiger partial charge in [-0.3, -0.25) is 0 Å². The van der Waals surface area contributed by atoms with Gasteiger partial charge in [0.05, 0.1) is 6.20 Å². The molecule has 6 heteroatoms. The number of nitrogens with one attached hydrogen (secondary N) is 1. The molecule has 1 aromatic heterocycles. The van der Waals surface area contributed by atoms with Crippen molar-refractivity contribution in [3.05, 3.63) is 72.4 Å². The second-order valence-electron chi connectivity index (χ2n) is 6.63. The van der Waals surface area contributed by atoms with E-state index in [1.165, 1.54) is 5.56 Å². The van der Waals surface area contributed by atoms with Crippen LogP contribution < -0.4 is 10.2 Å². The van der Waals surface area contributed by atoms with E-state index in [4.69, 9.17) is 0 Å². The van der Waals surface area contributed by atoms with Crippen LogP contribution in [0.3, 0.4) is 0 Å². The van der Waals surface area contributed by atoms with Gasteiger partial charge in [0.1, 0.15) is 0 Å². The van der Waals surface area contributed by atoms with Gasteiger partial charge in [0.25, 0.3) is 0 Å².